The predicted octanol–water partition coefficient (Wildman–Crippen LogP) is 3.03. The van der Waals surface area contributed by atoms with E-state index >= 15 is 0 Å². The molecule has 8 nitrogen and oxygen atoms in total. The molecule has 29 heavy (non-hydrogen) atoms. The van der Waals surface area contributed by atoms with Crippen LogP contribution in [0.4, 0.5) is 5.82 Å². The quantitative estimate of drug-likeness (QED) is 0.526. The van der Waals surface area contributed by atoms with Crippen LogP contribution in [0.15, 0.2) is 36.1 Å². The van der Waals surface area contributed by atoms with Gasteiger partial charge in [-0.25, -0.2) is 15.0 Å². The first-order valence-corrected chi connectivity index (χ1v) is 10.5. The number of benzene rings is 1. The number of imidazole rings is 2. The average Bonchev–Trinajstić information content (AvgIpc) is 3.51. The van der Waals surface area contributed by atoms with E-state index in [4.69, 9.17) is 14.5 Å². The number of rotatable bonds is 6. The van der Waals surface area contributed by atoms with Crippen LogP contribution >= 0.6 is 11.3 Å². The van der Waals surface area contributed by atoms with Crippen molar-refractivity contribution in [2.24, 2.45) is 0 Å². The number of aromatic amines is 1. The van der Waals surface area contributed by atoms with E-state index in [2.05, 4.69) is 48.8 Å². The van der Waals surface area contributed by atoms with Gasteiger partial charge in [-0.3, -0.25) is 0 Å². The number of ether oxygens (including phenoxy) is 2. The molecule has 5 rings (SSSR count). The van der Waals surface area contributed by atoms with Gasteiger partial charge in [-0.2, -0.15) is 0 Å². The molecule has 4 heterocycles. The van der Waals surface area contributed by atoms with Crippen molar-refractivity contribution in [1.82, 2.24) is 24.5 Å². The van der Waals surface area contributed by atoms with E-state index in [0.717, 1.165) is 67.1 Å². The summed E-state index contributed by atoms with van der Waals surface area (Å²) in [6.07, 6.45) is 3.93. The Hall–Kier alpha value is -2.75. The summed E-state index contributed by atoms with van der Waals surface area (Å²) in [5.74, 6) is 2.63. The number of morpholine rings is 1. The van der Waals surface area contributed by atoms with Crippen molar-refractivity contribution < 1.29 is 9.47 Å². The van der Waals surface area contributed by atoms with Crippen LogP contribution in [0, 0.1) is 0 Å². The van der Waals surface area contributed by atoms with E-state index in [1.165, 1.54) is 4.70 Å². The molecule has 1 fully saturated rings. The highest BCUT2D eigenvalue weighted by Crippen LogP contribution is 2.27. The molecule has 9 heteroatoms. The summed E-state index contributed by atoms with van der Waals surface area (Å²) in [5, 5.41) is 0. The van der Waals surface area contributed by atoms with E-state index < -0.39 is 0 Å². The zero-order chi connectivity index (χ0) is 19.6. The summed E-state index contributed by atoms with van der Waals surface area (Å²) in [6.45, 7) is 4.50. The van der Waals surface area contributed by atoms with Crippen LogP contribution in [0.25, 0.3) is 33.1 Å². The fourth-order valence-electron chi connectivity index (χ4n) is 3.51. The number of fused-ring (bicyclic) bond motifs is 1. The number of thiazole rings is 1. The highest BCUT2D eigenvalue weighted by molar-refractivity contribution is 7.16. The number of nitrogens with one attached hydrogen (secondary N) is 1. The van der Waals surface area contributed by atoms with Crippen molar-refractivity contribution in [1.29, 1.82) is 0 Å². The summed E-state index contributed by atoms with van der Waals surface area (Å²) >= 11 is 1.64. The highest BCUT2D eigenvalue weighted by Gasteiger charge is 2.19. The summed E-state index contributed by atoms with van der Waals surface area (Å²) in [5.41, 5.74) is 4.75. The molecule has 1 aromatic carbocycles. The second kappa shape index (κ2) is 7.94. The second-order valence-corrected chi connectivity index (χ2v) is 7.78. The van der Waals surface area contributed by atoms with Gasteiger partial charge in [0.25, 0.3) is 0 Å². The second-order valence-electron chi connectivity index (χ2n) is 6.89. The van der Waals surface area contributed by atoms with Gasteiger partial charge in [-0.05, 0) is 18.2 Å². The minimum atomic E-state index is 0.618. The first-order valence-electron chi connectivity index (χ1n) is 9.59. The number of hydrogen-bond donors (Lipinski definition) is 1. The Morgan fingerprint density at radius 3 is 3.00 bits per heavy atom. The van der Waals surface area contributed by atoms with Crippen LogP contribution in [0.1, 0.15) is 0 Å². The largest absolute Gasteiger partial charge is 0.383 e. The van der Waals surface area contributed by atoms with Gasteiger partial charge >= 0.3 is 0 Å². The number of methoxy groups -OCH3 is 1. The van der Waals surface area contributed by atoms with E-state index in [0.29, 0.717) is 6.61 Å². The molecule has 0 aliphatic carbocycles. The first-order chi connectivity index (χ1) is 14.3. The van der Waals surface area contributed by atoms with Gasteiger partial charge < -0.3 is 23.9 Å². The summed E-state index contributed by atoms with van der Waals surface area (Å²) in [6, 6.07) is 6.21. The van der Waals surface area contributed by atoms with Crippen molar-refractivity contribution in [2.75, 3.05) is 44.9 Å². The van der Waals surface area contributed by atoms with E-state index in [9.17, 15) is 0 Å². The molecule has 0 spiro atoms. The monoisotopic (exact) mass is 410 g/mol. The van der Waals surface area contributed by atoms with Gasteiger partial charge in [-0.1, -0.05) is 0 Å². The molecule has 3 aromatic heterocycles. The molecule has 1 aliphatic heterocycles. The third kappa shape index (κ3) is 3.64. The molecule has 0 atom stereocenters. The first kappa shape index (κ1) is 18.3. The smallest absolute Gasteiger partial charge is 0.160 e. The van der Waals surface area contributed by atoms with Crippen molar-refractivity contribution in [3.05, 3.63) is 36.1 Å². The van der Waals surface area contributed by atoms with Gasteiger partial charge in [0.2, 0.25) is 0 Å². The molecular weight excluding hydrogens is 388 g/mol. The lowest BCUT2D eigenvalue weighted by Gasteiger charge is -2.26. The molecule has 0 bridgehead atoms. The summed E-state index contributed by atoms with van der Waals surface area (Å²) in [7, 11) is 1.71. The molecule has 150 valence electrons. The third-order valence-electron chi connectivity index (χ3n) is 5.06. The van der Waals surface area contributed by atoms with Crippen LogP contribution in [-0.2, 0) is 16.0 Å². The van der Waals surface area contributed by atoms with Crippen molar-refractivity contribution >= 4 is 27.4 Å². The Kier molecular flexibility index (Phi) is 5.01. The Labute approximate surface area is 172 Å². The Balaban J connectivity index is 1.48. The summed E-state index contributed by atoms with van der Waals surface area (Å²) < 4.78 is 14.0. The van der Waals surface area contributed by atoms with Crippen molar-refractivity contribution in [3.63, 3.8) is 0 Å². The number of aromatic nitrogens is 5. The molecule has 4 aromatic rings. The van der Waals surface area contributed by atoms with Crippen LogP contribution in [0.5, 0.6) is 0 Å². The molecule has 0 unspecified atom stereocenters. The molecule has 1 saturated heterocycles. The minimum Gasteiger partial charge on any atom is -0.383 e. The van der Waals surface area contributed by atoms with Gasteiger partial charge in [0.05, 0.1) is 41.7 Å². The molecule has 0 radical (unpaired) electrons. The normalized spacial score (nSPS) is 14.7. The van der Waals surface area contributed by atoms with Crippen molar-refractivity contribution in [3.8, 4) is 22.9 Å². The number of hydrogen-bond acceptors (Lipinski definition) is 7. The Morgan fingerprint density at radius 1 is 1.24 bits per heavy atom. The third-order valence-corrected chi connectivity index (χ3v) is 5.87. The Bertz CT molecular complexity index is 1110. The highest BCUT2D eigenvalue weighted by atomic mass is 32.1. The van der Waals surface area contributed by atoms with E-state index in [1.54, 1.807) is 18.4 Å². The zero-order valence-corrected chi connectivity index (χ0v) is 17.0. The lowest BCUT2D eigenvalue weighted by molar-refractivity contribution is 0.122. The van der Waals surface area contributed by atoms with Crippen LogP contribution in [-0.4, -0.2) is 64.5 Å². The van der Waals surface area contributed by atoms with Crippen LogP contribution < -0.4 is 4.90 Å². The van der Waals surface area contributed by atoms with Gasteiger partial charge in [0, 0.05) is 38.5 Å². The number of H-pyrrole nitrogens is 1. The maximum atomic E-state index is 5.47. The molecular formula is C20H22N6O2S. The maximum Gasteiger partial charge on any atom is 0.160 e. The minimum absolute atomic E-state index is 0.618. The standard InChI is InChI=1S/C20H22N6O2S/c1-27-7-4-26-12-18(25-5-8-28-9-6-25)24-20(26)16-11-21-19(23-16)14-2-3-17-15(10-14)22-13-29-17/h2-3,10-13H,4-9H2,1H3,(H,21,23). The Morgan fingerprint density at radius 2 is 2.14 bits per heavy atom. The van der Waals surface area contributed by atoms with Crippen LogP contribution in [0.3, 0.4) is 0 Å². The molecule has 0 saturated carbocycles. The summed E-state index contributed by atoms with van der Waals surface area (Å²) in [4.78, 5) is 19.6. The van der Waals surface area contributed by atoms with Gasteiger partial charge in [0.15, 0.2) is 5.82 Å². The van der Waals surface area contributed by atoms with Crippen LogP contribution in [0.2, 0.25) is 0 Å². The lowest BCUT2D eigenvalue weighted by Crippen LogP contribution is -2.36. The molecule has 1 aliphatic rings. The zero-order valence-electron chi connectivity index (χ0n) is 16.2. The van der Waals surface area contributed by atoms with Gasteiger partial charge in [-0.15, -0.1) is 11.3 Å². The van der Waals surface area contributed by atoms with E-state index in [1.807, 2.05) is 11.7 Å². The topological polar surface area (TPSA) is 81.1 Å². The fraction of sp³-hybridized carbons (Fsp3) is 0.350. The van der Waals surface area contributed by atoms with Crippen molar-refractivity contribution in [2.45, 2.75) is 6.54 Å². The maximum absolute atomic E-state index is 5.47. The van der Waals surface area contributed by atoms with E-state index in [-0.39, 0.29) is 0 Å². The lowest BCUT2D eigenvalue weighted by atomic mass is 10.2. The SMILES string of the molecule is COCCn1cc(N2CCOCC2)nc1-c1cnc(-c2ccc3scnc3c2)[nH]1. The fourth-order valence-corrected chi connectivity index (χ4v) is 4.17. The predicted molar refractivity (Wildman–Crippen MR) is 113 cm³/mol. The van der Waals surface area contributed by atoms with Gasteiger partial charge in [0.1, 0.15) is 17.3 Å². The molecule has 1 N–H and O–H groups in total. The number of anilines is 1. The average molecular weight is 411 g/mol. The molecule has 0 amide bonds. The number of nitrogens with zero attached hydrogens (tertiary/aromatic N) is 5.